The molecule has 2 heterocycles. The quantitative estimate of drug-likeness (QED) is 0.430. The van der Waals surface area contributed by atoms with Crippen LogP contribution in [0.5, 0.6) is 0 Å². The lowest BCUT2D eigenvalue weighted by atomic mass is 10.0. The molecule has 0 spiro atoms. The number of aliphatic carboxylic acids is 1. The van der Waals surface area contributed by atoms with Gasteiger partial charge in [-0.05, 0) is 25.7 Å². The molecule has 1 aliphatic rings. The highest BCUT2D eigenvalue weighted by Crippen LogP contribution is 2.25. The summed E-state index contributed by atoms with van der Waals surface area (Å²) >= 11 is 0. The van der Waals surface area contributed by atoms with Crippen LogP contribution in [0.2, 0.25) is 0 Å². The Kier molecular flexibility index (Phi) is 6.97. The molecule has 11 heteroatoms. The van der Waals surface area contributed by atoms with Gasteiger partial charge in [0.2, 0.25) is 5.89 Å². The van der Waals surface area contributed by atoms with Gasteiger partial charge in [0.15, 0.2) is 6.04 Å². The Balaban J connectivity index is 2.07. The third-order valence-corrected chi connectivity index (χ3v) is 4.35. The Morgan fingerprint density at radius 3 is 2.52 bits per heavy atom. The number of piperidine rings is 1. The molecule has 5 N–H and O–H groups in total. The molecule has 0 saturated carbocycles. The van der Waals surface area contributed by atoms with Crippen LogP contribution in [0.25, 0.3) is 0 Å². The van der Waals surface area contributed by atoms with Gasteiger partial charge in [-0.25, -0.2) is 9.59 Å². The van der Waals surface area contributed by atoms with Crippen molar-refractivity contribution in [2.45, 2.75) is 57.9 Å². The summed E-state index contributed by atoms with van der Waals surface area (Å²) in [5.74, 6) is -1.28. The van der Waals surface area contributed by atoms with Gasteiger partial charge in [-0.3, -0.25) is 0 Å². The number of hydrogen-bond acceptors (Lipinski definition) is 8. The molecule has 1 saturated heterocycles. The van der Waals surface area contributed by atoms with Gasteiger partial charge < -0.3 is 35.3 Å². The van der Waals surface area contributed by atoms with Crippen molar-refractivity contribution >= 4 is 18.0 Å². The van der Waals surface area contributed by atoms with E-state index in [0.29, 0.717) is 13.1 Å². The van der Waals surface area contributed by atoms with Crippen molar-refractivity contribution in [1.29, 1.82) is 0 Å². The van der Waals surface area contributed by atoms with Crippen LogP contribution in [0.4, 0.5) is 10.8 Å². The first-order chi connectivity index (χ1) is 12.7. The summed E-state index contributed by atoms with van der Waals surface area (Å²) in [4.78, 5) is 25.1. The summed E-state index contributed by atoms with van der Waals surface area (Å²) in [5.41, 5.74) is 0. The fraction of sp³-hybridized carbons (Fsp3) is 0.750. The molecule has 1 aliphatic heterocycles. The second-order valence-corrected chi connectivity index (χ2v) is 7.06. The van der Waals surface area contributed by atoms with E-state index < -0.39 is 36.3 Å². The van der Waals surface area contributed by atoms with Gasteiger partial charge >= 0.3 is 18.0 Å². The second kappa shape index (κ2) is 9.00. The first kappa shape index (κ1) is 20.9. The topological polar surface area (TPSA) is 161 Å². The van der Waals surface area contributed by atoms with Crippen molar-refractivity contribution in [3.05, 3.63) is 5.89 Å². The standard InChI is InChI=1S/C16H27N5O6/c1-8(2)11(17-15(26)18-12(9(3)22)14(24)25)13-19-20-16(27-13)21-6-4-5-10(23)7-21/h8-12,22-23H,4-7H2,1-3H3,(H,24,25)(H2,17,18,26)/t9?,10-,11+,12+/m1/s1. The van der Waals surface area contributed by atoms with Crippen molar-refractivity contribution < 1.29 is 29.3 Å². The third-order valence-electron chi connectivity index (χ3n) is 4.35. The maximum atomic E-state index is 12.2. The van der Waals surface area contributed by atoms with Crippen molar-refractivity contribution in [1.82, 2.24) is 20.8 Å². The lowest BCUT2D eigenvalue weighted by molar-refractivity contribution is -0.141. The number of carboxylic acids is 1. The van der Waals surface area contributed by atoms with Crippen LogP contribution in [0.15, 0.2) is 4.42 Å². The number of β-amino-alcohol motifs (C(OH)–C–C–N with tert-alkyl or cyclic N) is 1. The Bertz CT molecular complexity index is 649. The lowest BCUT2D eigenvalue weighted by Gasteiger charge is -2.28. The zero-order valence-corrected chi connectivity index (χ0v) is 15.6. The average Bonchev–Trinajstić information content (AvgIpc) is 3.06. The van der Waals surface area contributed by atoms with Gasteiger partial charge in [-0.15, -0.1) is 5.10 Å². The van der Waals surface area contributed by atoms with Crippen LogP contribution in [-0.2, 0) is 4.79 Å². The minimum absolute atomic E-state index is 0.120. The molecule has 27 heavy (non-hydrogen) atoms. The number of nitrogens with zero attached hydrogens (tertiary/aromatic N) is 3. The van der Waals surface area contributed by atoms with E-state index in [0.717, 1.165) is 12.8 Å². The molecule has 2 rings (SSSR count). The number of anilines is 1. The smallest absolute Gasteiger partial charge is 0.328 e. The Morgan fingerprint density at radius 1 is 1.26 bits per heavy atom. The third kappa shape index (κ3) is 5.54. The molecular formula is C16H27N5O6. The predicted octanol–water partition coefficient (Wildman–Crippen LogP) is -0.139. The van der Waals surface area contributed by atoms with Crippen LogP contribution in [0.3, 0.4) is 0 Å². The van der Waals surface area contributed by atoms with Gasteiger partial charge in [0.25, 0.3) is 0 Å². The van der Waals surface area contributed by atoms with E-state index in [2.05, 4.69) is 20.8 Å². The van der Waals surface area contributed by atoms with E-state index in [1.807, 2.05) is 13.8 Å². The number of urea groups is 1. The molecule has 0 radical (unpaired) electrons. The van der Waals surface area contributed by atoms with Gasteiger partial charge in [0.05, 0.1) is 12.2 Å². The lowest BCUT2D eigenvalue weighted by Crippen LogP contribution is -2.52. The first-order valence-electron chi connectivity index (χ1n) is 8.93. The highest BCUT2D eigenvalue weighted by molar-refractivity contribution is 5.83. The number of amides is 2. The summed E-state index contributed by atoms with van der Waals surface area (Å²) in [6, 6.07) is -2.59. The molecule has 152 valence electrons. The molecule has 1 aromatic heterocycles. The molecule has 1 aromatic rings. The van der Waals surface area contributed by atoms with E-state index in [1.165, 1.54) is 6.92 Å². The van der Waals surface area contributed by atoms with Crippen LogP contribution in [0.1, 0.15) is 45.5 Å². The molecule has 0 aliphatic carbocycles. The van der Waals surface area contributed by atoms with E-state index >= 15 is 0 Å². The molecule has 11 nitrogen and oxygen atoms in total. The zero-order valence-electron chi connectivity index (χ0n) is 15.6. The number of carbonyl (C=O) groups is 2. The summed E-state index contributed by atoms with van der Waals surface area (Å²) in [6.45, 7) is 6.03. The number of carboxylic acid groups (broad SMARTS) is 1. The summed E-state index contributed by atoms with van der Waals surface area (Å²) in [5, 5.41) is 41.1. The van der Waals surface area contributed by atoms with Crippen molar-refractivity contribution in [2.75, 3.05) is 18.0 Å². The average molecular weight is 385 g/mol. The minimum atomic E-state index is -1.44. The largest absolute Gasteiger partial charge is 0.480 e. The molecule has 1 unspecified atom stereocenters. The summed E-state index contributed by atoms with van der Waals surface area (Å²) in [6.07, 6.45) is -0.177. The van der Waals surface area contributed by atoms with Gasteiger partial charge in [-0.2, -0.15) is 0 Å². The fourth-order valence-electron chi connectivity index (χ4n) is 2.83. The normalized spacial score (nSPS) is 20.8. The second-order valence-electron chi connectivity index (χ2n) is 7.06. The Hall–Kier alpha value is -2.40. The highest BCUT2D eigenvalue weighted by Gasteiger charge is 2.30. The maximum absolute atomic E-state index is 12.2. The van der Waals surface area contributed by atoms with Crippen molar-refractivity contribution in [3.8, 4) is 0 Å². The van der Waals surface area contributed by atoms with E-state index in [4.69, 9.17) is 9.52 Å². The molecule has 0 bridgehead atoms. The minimum Gasteiger partial charge on any atom is -0.480 e. The van der Waals surface area contributed by atoms with Crippen LogP contribution in [-0.4, -0.2) is 68.9 Å². The molecular weight excluding hydrogens is 358 g/mol. The molecule has 0 aromatic carbocycles. The predicted molar refractivity (Wildman–Crippen MR) is 94.1 cm³/mol. The Labute approximate surface area is 156 Å². The summed E-state index contributed by atoms with van der Waals surface area (Å²) < 4.78 is 5.68. The van der Waals surface area contributed by atoms with Gasteiger partial charge in [0, 0.05) is 13.1 Å². The van der Waals surface area contributed by atoms with Crippen molar-refractivity contribution in [2.24, 2.45) is 5.92 Å². The highest BCUT2D eigenvalue weighted by atomic mass is 16.4. The van der Waals surface area contributed by atoms with Gasteiger partial charge in [-0.1, -0.05) is 18.9 Å². The number of aromatic nitrogens is 2. The number of hydrogen-bond donors (Lipinski definition) is 5. The van der Waals surface area contributed by atoms with E-state index in [9.17, 15) is 19.8 Å². The molecule has 2 amide bonds. The number of carbonyl (C=O) groups excluding carboxylic acids is 1. The fourth-order valence-corrected chi connectivity index (χ4v) is 2.83. The summed E-state index contributed by atoms with van der Waals surface area (Å²) in [7, 11) is 0. The zero-order chi connectivity index (χ0) is 20.1. The van der Waals surface area contributed by atoms with E-state index in [1.54, 1.807) is 4.90 Å². The number of aliphatic hydroxyl groups excluding tert-OH is 2. The van der Waals surface area contributed by atoms with E-state index in [-0.39, 0.29) is 17.8 Å². The number of aliphatic hydroxyl groups is 2. The maximum Gasteiger partial charge on any atom is 0.328 e. The molecule has 4 atom stereocenters. The first-order valence-corrected chi connectivity index (χ1v) is 8.93. The Morgan fingerprint density at radius 2 is 1.96 bits per heavy atom. The van der Waals surface area contributed by atoms with Crippen molar-refractivity contribution in [3.63, 3.8) is 0 Å². The molecule has 1 fully saturated rings. The van der Waals surface area contributed by atoms with Crippen LogP contribution < -0.4 is 15.5 Å². The van der Waals surface area contributed by atoms with Crippen LogP contribution in [0, 0.1) is 5.92 Å². The number of rotatable bonds is 7. The van der Waals surface area contributed by atoms with Gasteiger partial charge in [0.1, 0.15) is 6.04 Å². The SMILES string of the molecule is CC(O)[C@H](NC(=O)N[C@H](c1nnc(N2CCC[C@@H](O)C2)o1)C(C)C)C(=O)O. The monoisotopic (exact) mass is 385 g/mol. The number of nitrogens with one attached hydrogen (secondary N) is 2. The van der Waals surface area contributed by atoms with Crippen LogP contribution >= 0.6 is 0 Å².